The fourth-order valence-electron chi connectivity index (χ4n) is 4.75. The molecule has 2 heterocycles. The lowest BCUT2D eigenvalue weighted by Gasteiger charge is -2.16. The van der Waals surface area contributed by atoms with Gasteiger partial charge in [-0.2, -0.15) is 4.98 Å². The van der Waals surface area contributed by atoms with Crippen molar-refractivity contribution < 1.29 is 52.3 Å². The average Bonchev–Trinajstić information content (AvgIpc) is 3.14. The number of rotatable bonds is 22. The van der Waals surface area contributed by atoms with Gasteiger partial charge in [-0.1, -0.05) is 12.1 Å². The summed E-state index contributed by atoms with van der Waals surface area (Å²) in [5, 5.41) is 26.4. The highest BCUT2D eigenvalue weighted by molar-refractivity contribution is 7.48. The number of para-hydroxylation sites is 1. The molecule has 19 nitrogen and oxygen atoms in total. The van der Waals surface area contributed by atoms with Gasteiger partial charge >= 0.3 is 25.7 Å². The number of nitrogens with zero attached hydrogens (tertiary/aromatic N) is 3. The monoisotopic (exact) mass is 769 g/mol. The Balaban J connectivity index is 1.32. The Bertz CT molecular complexity index is 2030. The van der Waals surface area contributed by atoms with Crippen LogP contribution in [0.4, 0.5) is 17.3 Å². The first-order valence-corrected chi connectivity index (χ1v) is 18.3. The zero-order valence-electron chi connectivity index (χ0n) is 29.4. The van der Waals surface area contributed by atoms with Gasteiger partial charge in [0.05, 0.1) is 56.1 Å². The molecule has 0 aliphatic carbocycles. The summed E-state index contributed by atoms with van der Waals surface area (Å²) in [6, 6.07) is 11.2. The zero-order chi connectivity index (χ0) is 39.1. The van der Waals surface area contributed by atoms with Crippen molar-refractivity contribution in [3.05, 3.63) is 81.9 Å². The number of hydrogen-bond acceptors (Lipinski definition) is 15. The predicted octanol–water partition coefficient (Wildman–Crippen LogP) is 4.25. The minimum absolute atomic E-state index is 0.0128. The number of aliphatic carboxylic acids is 2. The van der Waals surface area contributed by atoms with Crippen LogP contribution in [0, 0.1) is 0 Å². The van der Waals surface area contributed by atoms with Gasteiger partial charge in [-0.05, 0) is 69.5 Å². The molecule has 20 heteroatoms. The van der Waals surface area contributed by atoms with Crippen molar-refractivity contribution in [2.45, 2.75) is 52.1 Å². The highest BCUT2D eigenvalue weighted by Crippen LogP contribution is 2.49. The molecule has 6 N–H and O–H groups in total. The molecule has 2 aromatic heterocycles. The van der Waals surface area contributed by atoms with E-state index in [0.717, 1.165) is 0 Å². The number of ether oxygens (including phenoxy) is 1. The third kappa shape index (κ3) is 12.2. The number of carboxylic acid groups (broad SMARTS) is 2. The van der Waals surface area contributed by atoms with Crippen molar-refractivity contribution in [2.75, 3.05) is 37.1 Å². The molecule has 0 saturated heterocycles. The van der Waals surface area contributed by atoms with Crippen molar-refractivity contribution in [1.29, 1.82) is 0 Å². The van der Waals surface area contributed by atoms with Gasteiger partial charge in [0.2, 0.25) is 5.95 Å². The van der Waals surface area contributed by atoms with E-state index in [2.05, 4.69) is 35.9 Å². The number of H-pyrrole nitrogens is 1. The topological polar surface area (TPSA) is 270 Å². The fourth-order valence-corrected chi connectivity index (χ4v) is 5.95. The number of esters is 1. The van der Waals surface area contributed by atoms with Crippen molar-refractivity contribution in [1.82, 2.24) is 25.3 Å². The number of phosphoric ester groups is 1. The zero-order valence-corrected chi connectivity index (χ0v) is 30.3. The van der Waals surface area contributed by atoms with Crippen LogP contribution < -0.4 is 21.5 Å². The van der Waals surface area contributed by atoms with Crippen LogP contribution in [0.1, 0.15) is 65.9 Å². The van der Waals surface area contributed by atoms with Crippen molar-refractivity contribution in [2.24, 2.45) is 0 Å². The first-order valence-electron chi connectivity index (χ1n) is 16.8. The van der Waals surface area contributed by atoms with E-state index in [1.54, 1.807) is 50.2 Å². The highest BCUT2D eigenvalue weighted by atomic mass is 31.2. The summed E-state index contributed by atoms with van der Waals surface area (Å²) in [5.74, 6) is -3.79. The third-order valence-corrected chi connectivity index (χ3v) is 8.98. The number of nitrogens with one attached hydrogen (secondary N) is 4. The summed E-state index contributed by atoms with van der Waals surface area (Å²) >= 11 is 0. The predicted molar refractivity (Wildman–Crippen MR) is 194 cm³/mol. The van der Waals surface area contributed by atoms with Gasteiger partial charge in [-0.25, -0.2) is 24.1 Å². The minimum atomic E-state index is -3.62. The Labute approximate surface area is 308 Å². The summed E-state index contributed by atoms with van der Waals surface area (Å²) < 4.78 is 33.2. The molecular formula is C34H40N7O12P. The number of aromatic nitrogens is 4. The maximum Gasteiger partial charge on any atom is 0.474 e. The molecule has 0 aliphatic rings. The molecule has 0 fully saturated rings. The van der Waals surface area contributed by atoms with Crippen LogP contribution in [-0.2, 0) is 39.0 Å². The molecule has 1 atom stereocenters. The number of anilines is 3. The lowest BCUT2D eigenvalue weighted by molar-refractivity contribution is -0.140. The maximum absolute atomic E-state index is 13.0. The molecule has 0 saturated carbocycles. The number of fused-ring (bicyclic) bond motifs is 1. The molecule has 0 aliphatic heterocycles. The first-order chi connectivity index (χ1) is 25.9. The molecular weight excluding hydrogens is 729 g/mol. The number of aromatic amines is 1. The second-order valence-corrected chi connectivity index (χ2v) is 13.0. The summed E-state index contributed by atoms with van der Waals surface area (Å²) in [6.07, 6.45) is 1.62. The summed E-state index contributed by atoms with van der Waals surface area (Å²) in [5.41, 5.74) is 1.09. The van der Waals surface area contributed by atoms with Gasteiger partial charge in [-0.3, -0.25) is 32.9 Å². The number of amides is 1. The minimum Gasteiger partial charge on any atom is -0.481 e. The lowest BCUT2D eigenvalue weighted by atomic mass is 10.1. The first kappa shape index (κ1) is 41.0. The van der Waals surface area contributed by atoms with E-state index < -0.39 is 49.7 Å². The number of benzene rings is 2. The van der Waals surface area contributed by atoms with Crippen LogP contribution in [-0.4, -0.2) is 86.4 Å². The number of carboxylic acids is 2. The lowest BCUT2D eigenvalue weighted by Crippen LogP contribution is -2.41. The van der Waals surface area contributed by atoms with E-state index in [4.69, 9.17) is 23.4 Å². The van der Waals surface area contributed by atoms with Gasteiger partial charge in [-0.15, -0.1) is 0 Å². The van der Waals surface area contributed by atoms with Crippen LogP contribution in [0.15, 0.2) is 59.5 Å². The Kier molecular flexibility index (Phi) is 15.1. The molecule has 2 aromatic carbocycles. The third-order valence-electron chi connectivity index (χ3n) is 7.33. The Morgan fingerprint density at radius 3 is 2.31 bits per heavy atom. The second kappa shape index (κ2) is 19.9. The number of carbonyl (C=O) groups is 4. The van der Waals surface area contributed by atoms with Crippen LogP contribution in [0.2, 0.25) is 0 Å². The van der Waals surface area contributed by atoms with Crippen molar-refractivity contribution in [3.8, 4) is 0 Å². The van der Waals surface area contributed by atoms with Crippen LogP contribution >= 0.6 is 7.82 Å². The van der Waals surface area contributed by atoms with Crippen LogP contribution in [0.3, 0.4) is 0 Å². The average molecular weight is 770 g/mol. The normalized spacial score (nSPS) is 11.8. The van der Waals surface area contributed by atoms with Gasteiger partial charge < -0.3 is 30.9 Å². The largest absolute Gasteiger partial charge is 0.481 e. The molecule has 0 radical (unpaired) electrons. The van der Waals surface area contributed by atoms with E-state index in [9.17, 15) is 33.6 Å². The van der Waals surface area contributed by atoms with Gasteiger partial charge in [0.1, 0.15) is 6.04 Å². The smallest absolute Gasteiger partial charge is 0.474 e. The van der Waals surface area contributed by atoms with Crippen LogP contribution in [0.25, 0.3) is 11.2 Å². The Hall–Kier alpha value is -5.75. The van der Waals surface area contributed by atoms with Gasteiger partial charge in [0.25, 0.3) is 11.5 Å². The molecule has 54 heavy (non-hydrogen) atoms. The van der Waals surface area contributed by atoms with E-state index >= 15 is 0 Å². The van der Waals surface area contributed by atoms with E-state index in [0.29, 0.717) is 29.9 Å². The maximum atomic E-state index is 13.0. The number of unbranched alkanes of at least 4 members (excludes halogenated alkanes) is 1. The summed E-state index contributed by atoms with van der Waals surface area (Å²) in [7, 11) is -3.62. The number of phosphoric acid groups is 1. The number of carbonyl (C=O) groups excluding carboxylic acids is 2. The molecule has 1 amide bonds. The molecule has 4 aromatic rings. The SMILES string of the molecule is CCOP(=O)(OCC)OCCCCOC(=O)c1ccccc1Nc1nc2ncc(CNc3ccc(C(=O)N[C@@H](CCC(=O)O)C(=O)O)cc3)nc2c(=O)[nH]1. The summed E-state index contributed by atoms with van der Waals surface area (Å²) in [6.45, 7) is 4.00. The quantitative estimate of drug-likeness (QED) is 0.0370. The van der Waals surface area contributed by atoms with Gasteiger partial charge in [0, 0.05) is 17.7 Å². The molecule has 288 valence electrons. The van der Waals surface area contributed by atoms with E-state index in [1.807, 2.05) is 0 Å². The van der Waals surface area contributed by atoms with Crippen LogP contribution in [0.5, 0.6) is 0 Å². The van der Waals surface area contributed by atoms with Gasteiger partial charge in [0.15, 0.2) is 11.2 Å². The Morgan fingerprint density at radius 2 is 1.63 bits per heavy atom. The summed E-state index contributed by atoms with van der Waals surface area (Å²) in [4.78, 5) is 76.1. The second-order valence-electron chi connectivity index (χ2n) is 11.3. The molecule has 0 spiro atoms. The molecule has 4 rings (SSSR count). The standard InChI is InChI=1S/C34H40N7O12P/c1-3-51-54(49,52-4-2)53-18-8-7-17-50-33(48)24-9-5-6-10-25(24)39-34-40-29-28(31(45)41-34)37-23(20-36-29)19-35-22-13-11-21(12-14-22)30(44)38-26(32(46)47)15-16-27(42)43/h5-6,9-14,20,26,35H,3-4,7-8,15-19H2,1-2H3,(H,38,44)(H,42,43)(H,46,47)(H2,36,39,40,41,45)/t26-/m0/s1. The Morgan fingerprint density at radius 1 is 0.926 bits per heavy atom. The fraction of sp³-hybridized carbons (Fsp3) is 0.353. The van der Waals surface area contributed by atoms with E-state index in [-0.39, 0.29) is 67.6 Å². The molecule has 0 unspecified atom stereocenters. The van der Waals surface area contributed by atoms with E-state index in [1.165, 1.54) is 18.3 Å². The molecule has 0 bridgehead atoms. The number of hydrogen-bond donors (Lipinski definition) is 6. The highest BCUT2D eigenvalue weighted by Gasteiger charge is 2.25. The van der Waals surface area contributed by atoms with Crippen molar-refractivity contribution >= 4 is 60.1 Å². The van der Waals surface area contributed by atoms with Crippen molar-refractivity contribution in [3.63, 3.8) is 0 Å².